The van der Waals surface area contributed by atoms with Crippen LogP contribution in [0.1, 0.15) is 17.7 Å². The molecule has 0 radical (unpaired) electrons. The maximum Gasteiger partial charge on any atom is 0.281 e. The SMILES string of the molecule is O=C([O-])Cc1cc(-c2ncnc(C(F)F)c2Cl)c(F)cc1Cl. The number of alkyl halides is 2. The topological polar surface area (TPSA) is 65.9 Å². The van der Waals surface area contributed by atoms with E-state index in [-0.39, 0.29) is 21.8 Å². The van der Waals surface area contributed by atoms with E-state index >= 15 is 0 Å². The van der Waals surface area contributed by atoms with Gasteiger partial charge in [0.2, 0.25) is 0 Å². The molecule has 0 bridgehead atoms. The summed E-state index contributed by atoms with van der Waals surface area (Å²) < 4.78 is 39.5. The number of nitrogens with zero attached hydrogens (tertiary/aromatic N) is 2. The predicted molar refractivity (Wildman–Crippen MR) is 71.1 cm³/mol. The number of aromatic nitrogens is 2. The van der Waals surface area contributed by atoms with Gasteiger partial charge in [-0.25, -0.2) is 23.1 Å². The zero-order chi connectivity index (χ0) is 16.4. The number of rotatable bonds is 4. The lowest BCUT2D eigenvalue weighted by atomic mass is 10.0. The van der Waals surface area contributed by atoms with Crippen molar-refractivity contribution in [3.63, 3.8) is 0 Å². The lowest BCUT2D eigenvalue weighted by Gasteiger charge is -2.12. The fourth-order valence-electron chi connectivity index (χ4n) is 1.79. The van der Waals surface area contributed by atoms with Crippen molar-refractivity contribution in [3.8, 4) is 11.3 Å². The quantitative estimate of drug-likeness (QED) is 0.851. The third kappa shape index (κ3) is 3.31. The van der Waals surface area contributed by atoms with Crippen molar-refractivity contribution in [2.24, 2.45) is 0 Å². The Morgan fingerprint density at radius 1 is 1.27 bits per heavy atom. The summed E-state index contributed by atoms with van der Waals surface area (Å²) >= 11 is 11.5. The first-order valence-corrected chi connectivity index (χ1v) is 6.53. The molecule has 1 aromatic heterocycles. The molecule has 22 heavy (non-hydrogen) atoms. The number of hydrogen-bond donors (Lipinski definition) is 0. The maximum absolute atomic E-state index is 14.0. The van der Waals surface area contributed by atoms with E-state index in [0.717, 1.165) is 18.5 Å². The first-order chi connectivity index (χ1) is 10.3. The average molecular weight is 350 g/mol. The molecule has 0 aliphatic heterocycles. The second-order valence-electron chi connectivity index (χ2n) is 4.19. The van der Waals surface area contributed by atoms with E-state index in [1.165, 1.54) is 0 Å². The summed E-state index contributed by atoms with van der Waals surface area (Å²) in [7, 11) is 0. The summed E-state index contributed by atoms with van der Waals surface area (Å²) in [5, 5.41) is 10.00. The summed E-state index contributed by atoms with van der Waals surface area (Å²) in [5.41, 5.74) is -1.23. The van der Waals surface area contributed by atoms with E-state index in [1.807, 2.05) is 0 Å². The van der Waals surface area contributed by atoms with Crippen LogP contribution in [0.5, 0.6) is 0 Å². The van der Waals surface area contributed by atoms with Gasteiger partial charge >= 0.3 is 0 Å². The van der Waals surface area contributed by atoms with Crippen LogP contribution in [0, 0.1) is 5.82 Å². The van der Waals surface area contributed by atoms with Crippen molar-refractivity contribution in [3.05, 3.63) is 45.6 Å². The number of benzene rings is 1. The van der Waals surface area contributed by atoms with Gasteiger partial charge in [-0.3, -0.25) is 0 Å². The van der Waals surface area contributed by atoms with E-state index in [2.05, 4.69) is 9.97 Å². The van der Waals surface area contributed by atoms with E-state index in [1.54, 1.807) is 0 Å². The third-order valence-corrected chi connectivity index (χ3v) is 3.47. The predicted octanol–water partition coefficient (Wildman–Crippen LogP) is 2.82. The Hall–Kier alpha value is -1.86. The highest BCUT2D eigenvalue weighted by molar-refractivity contribution is 6.34. The molecule has 0 atom stereocenters. The van der Waals surface area contributed by atoms with Crippen LogP contribution in [0.3, 0.4) is 0 Å². The van der Waals surface area contributed by atoms with Gasteiger partial charge in [0.15, 0.2) is 0 Å². The van der Waals surface area contributed by atoms with Gasteiger partial charge in [-0.1, -0.05) is 23.2 Å². The number of hydrogen-bond acceptors (Lipinski definition) is 4. The zero-order valence-electron chi connectivity index (χ0n) is 10.6. The fraction of sp³-hybridized carbons (Fsp3) is 0.154. The molecular weight excluding hydrogens is 344 g/mol. The van der Waals surface area contributed by atoms with Crippen molar-refractivity contribution in [1.29, 1.82) is 0 Å². The molecule has 4 nitrogen and oxygen atoms in total. The number of carbonyl (C=O) groups excluding carboxylic acids is 1. The van der Waals surface area contributed by atoms with Crippen molar-refractivity contribution < 1.29 is 23.1 Å². The normalized spacial score (nSPS) is 11.0. The molecule has 1 aromatic carbocycles. The zero-order valence-corrected chi connectivity index (χ0v) is 12.1. The number of halogens is 5. The summed E-state index contributed by atoms with van der Waals surface area (Å²) in [4.78, 5) is 17.7. The molecule has 0 unspecified atom stereocenters. The van der Waals surface area contributed by atoms with Gasteiger partial charge in [-0.05, 0) is 17.7 Å². The van der Waals surface area contributed by atoms with Crippen molar-refractivity contribution in [2.75, 3.05) is 0 Å². The molecule has 2 rings (SSSR count). The van der Waals surface area contributed by atoms with Crippen molar-refractivity contribution >= 4 is 29.2 Å². The second-order valence-corrected chi connectivity index (χ2v) is 4.98. The van der Waals surface area contributed by atoms with Gasteiger partial charge < -0.3 is 9.90 Å². The van der Waals surface area contributed by atoms with Crippen molar-refractivity contribution in [2.45, 2.75) is 12.8 Å². The van der Waals surface area contributed by atoms with Gasteiger partial charge in [-0.15, -0.1) is 0 Å². The van der Waals surface area contributed by atoms with E-state index in [9.17, 15) is 23.1 Å². The van der Waals surface area contributed by atoms with Crippen LogP contribution in [0.25, 0.3) is 11.3 Å². The molecule has 0 spiro atoms. The highest BCUT2D eigenvalue weighted by atomic mass is 35.5. The van der Waals surface area contributed by atoms with Crippen molar-refractivity contribution in [1.82, 2.24) is 9.97 Å². The van der Waals surface area contributed by atoms with Crippen LogP contribution in [0.15, 0.2) is 18.5 Å². The van der Waals surface area contributed by atoms with Gasteiger partial charge in [-0.2, -0.15) is 0 Å². The standard InChI is InChI=1S/C13H7Cl2F3N2O2/c14-7-3-8(16)6(1-5(7)2-9(21)22)11-10(15)12(13(17)18)20-4-19-11/h1,3-4,13H,2H2,(H,21,22)/p-1. The molecule has 0 N–H and O–H groups in total. The molecule has 0 amide bonds. The highest BCUT2D eigenvalue weighted by Crippen LogP contribution is 2.35. The first kappa shape index (κ1) is 16.5. The number of aliphatic carboxylic acids is 1. The minimum Gasteiger partial charge on any atom is -0.550 e. The molecule has 9 heteroatoms. The molecule has 0 aliphatic carbocycles. The van der Waals surface area contributed by atoms with E-state index < -0.39 is 35.3 Å². The molecule has 0 saturated carbocycles. The smallest absolute Gasteiger partial charge is 0.281 e. The van der Waals surface area contributed by atoms with Crippen LogP contribution in [0.4, 0.5) is 13.2 Å². The Labute approximate surface area is 132 Å². The largest absolute Gasteiger partial charge is 0.550 e. The van der Waals surface area contributed by atoms with Crippen LogP contribution in [-0.2, 0) is 11.2 Å². The highest BCUT2D eigenvalue weighted by Gasteiger charge is 2.21. The monoisotopic (exact) mass is 349 g/mol. The molecule has 2 aromatic rings. The molecule has 1 heterocycles. The molecule has 0 aliphatic rings. The van der Waals surface area contributed by atoms with Crippen LogP contribution >= 0.6 is 23.2 Å². The summed E-state index contributed by atoms with van der Waals surface area (Å²) in [5.74, 6) is -2.31. The number of carboxylic acid groups (broad SMARTS) is 1. The van der Waals surface area contributed by atoms with Gasteiger partial charge in [0.1, 0.15) is 17.8 Å². The first-order valence-electron chi connectivity index (χ1n) is 5.78. The number of carboxylic acids is 1. The van der Waals surface area contributed by atoms with E-state index in [0.29, 0.717) is 0 Å². The minimum absolute atomic E-state index is 0.0475. The Morgan fingerprint density at radius 2 is 1.95 bits per heavy atom. The summed E-state index contributed by atoms with van der Waals surface area (Å²) in [6.07, 6.45) is -2.72. The Kier molecular flexibility index (Phi) is 4.87. The number of carbonyl (C=O) groups is 1. The molecular formula is C13H6Cl2F3N2O2-. The van der Waals surface area contributed by atoms with Gasteiger partial charge in [0.05, 0.1) is 10.7 Å². The molecule has 116 valence electrons. The molecule has 0 fully saturated rings. The lowest BCUT2D eigenvalue weighted by molar-refractivity contribution is -0.304. The summed E-state index contributed by atoms with van der Waals surface area (Å²) in [6, 6.07) is 1.94. The molecule has 0 saturated heterocycles. The maximum atomic E-state index is 14.0. The average Bonchev–Trinajstić information content (AvgIpc) is 2.42. The van der Waals surface area contributed by atoms with Crippen LogP contribution in [-0.4, -0.2) is 15.9 Å². The minimum atomic E-state index is -2.97. The lowest BCUT2D eigenvalue weighted by Crippen LogP contribution is -2.24. The Balaban J connectivity index is 2.62. The van der Waals surface area contributed by atoms with Crippen LogP contribution in [0.2, 0.25) is 10.0 Å². The second kappa shape index (κ2) is 6.50. The third-order valence-electron chi connectivity index (χ3n) is 2.75. The van der Waals surface area contributed by atoms with Gasteiger partial charge in [0.25, 0.3) is 6.43 Å². The van der Waals surface area contributed by atoms with Crippen LogP contribution < -0.4 is 5.11 Å². The fourth-order valence-corrected chi connectivity index (χ4v) is 2.29. The van der Waals surface area contributed by atoms with Gasteiger partial charge in [0, 0.05) is 23.0 Å². The Bertz CT molecular complexity index is 741. The summed E-state index contributed by atoms with van der Waals surface area (Å²) in [6.45, 7) is 0. The van der Waals surface area contributed by atoms with E-state index in [4.69, 9.17) is 23.2 Å². The Morgan fingerprint density at radius 3 is 2.55 bits per heavy atom.